The lowest BCUT2D eigenvalue weighted by Crippen LogP contribution is -2.65. The van der Waals surface area contributed by atoms with Gasteiger partial charge in [-0.05, 0) is 20.3 Å². The molecule has 1 aliphatic rings. The molecule has 0 aromatic heterocycles. The second-order valence-electron chi connectivity index (χ2n) is 11.4. The van der Waals surface area contributed by atoms with Crippen molar-refractivity contribution in [3.63, 3.8) is 0 Å². The number of aliphatic hydroxyl groups is 2. The Bertz CT molecular complexity index is 1040. The summed E-state index contributed by atoms with van der Waals surface area (Å²) in [6, 6.07) is -1.35. The summed E-state index contributed by atoms with van der Waals surface area (Å²) >= 11 is 0. The van der Waals surface area contributed by atoms with Crippen LogP contribution in [0.15, 0.2) is 24.3 Å². The number of aliphatic hydroxyl groups excluding tert-OH is 2. The van der Waals surface area contributed by atoms with E-state index in [1.54, 1.807) is 0 Å². The molecule has 1 aliphatic heterocycles. The van der Waals surface area contributed by atoms with Crippen LogP contribution in [0.1, 0.15) is 85.0 Å². The topological polar surface area (TPSA) is 208 Å². The molecule has 0 aromatic rings. The maximum Gasteiger partial charge on any atom is 0.409 e. The third-order valence-electron chi connectivity index (χ3n) is 7.04. The van der Waals surface area contributed by atoms with Crippen LogP contribution in [-0.2, 0) is 38.1 Å². The number of rotatable bonds is 22. The van der Waals surface area contributed by atoms with Crippen LogP contribution in [0.2, 0.25) is 0 Å². The monoisotopic (exact) mass is 671 g/mol. The number of nitrogens with one attached hydrogen (secondary N) is 3. The van der Waals surface area contributed by atoms with Gasteiger partial charge in [-0.3, -0.25) is 4.79 Å². The Morgan fingerprint density at radius 3 is 1.77 bits per heavy atom. The Balaban J connectivity index is 2.71. The minimum atomic E-state index is -1.66. The Labute approximate surface area is 276 Å². The zero-order chi connectivity index (χ0) is 35.2. The fourth-order valence-electron chi connectivity index (χ4n) is 4.37. The van der Waals surface area contributed by atoms with Crippen molar-refractivity contribution in [3.05, 3.63) is 24.3 Å². The van der Waals surface area contributed by atoms with Gasteiger partial charge in [0.1, 0.15) is 44.2 Å². The smallest absolute Gasteiger partial charge is 0.409 e. The normalized spacial score (nSPS) is 20.3. The molecule has 1 saturated heterocycles. The number of carbonyl (C=O) groups excluding carboxylic acids is 5. The molecule has 0 bridgehead atoms. The molecule has 3 unspecified atom stereocenters. The van der Waals surface area contributed by atoms with Crippen molar-refractivity contribution in [2.45, 2.75) is 116 Å². The Hall–Kier alpha value is -3.69. The number of hydrogen-bond acceptors (Lipinski definition) is 12. The first-order valence-electron chi connectivity index (χ1n) is 16.2. The molecule has 47 heavy (non-hydrogen) atoms. The van der Waals surface area contributed by atoms with Gasteiger partial charge in [0.15, 0.2) is 0 Å². The number of ether oxygens (including phenoxy) is 5. The summed E-state index contributed by atoms with van der Waals surface area (Å²) < 4.78 is 25.8. The zero-order valence-electron chi connectivity index (χ0n) is 27.9. The van der Waals surface area contributed by atoms with Gasteiger partial charge in [0.2, 0.25) is 12.2 Å². The number of amides is 3. The van der Waals surface area contributed by atoms with Gasteiger partial charge < -0.3 is 49.8 Å². The van der Waals surface area contributed by atoms with E-state index in [2.05, 4.69) is 36.0 Å². The van der Waals surface area contributed by atoms with Crippen LogP contribution in [-0.4, -0.2) is 104 Å². The van der Waals surface area contributed by atoms with Crippen LogP contribution >= 0.6 is 0 Å². The highest BCUT2D eigenvalue weighted by atomic mass is 16.7. The van der Waals surface area contributed by atoms with Gasteiger partial charge in [0.05, 0.1) is 13.1 Å². The van der Waals surface area contributed by atoms with E-state index >= 15 is 0 Å². The van der Waals surface area contributed by atoms with Crippen LogP contribution in [0.5, 0.6) is 0 Å². The molecule has 0 aliphatic carbocycles. The maximum atomic E-state index is 12.7. The molecule has 1 rings (SSSR count). The molecular weight excluding hydrogens is 618 g/mol. The van der Waals surface area contributed by atoms with E-state index in [1.165, 1.54) is 39.5 Å². The van der Waals surface area contributed by atoms with E-state index in [0.717, 1.165) is 25.7 Å². The molecule has 268 valence electrons. The highest BCUT2D eigenvalue weighted by Gasteiger charge is 2.47. The van der Waals surface area contributed by atoms with Gasteiger partial charge >= 0.3 is 24.1 Å². The van der Waals surface area contributed by atoms with Gasteiger partial charge in [0.25, 0.3) is 0 Å². The molecule has 15 nitrogen and oxygen atoms in total. The third kappa shape index (κ3) is 17.7. The summed E-state index contributed by atoms with van der Waals surface area (Å²) in [5, 5.41) is 28.9. The van der Waals surface area contributed by atoms with Gasteiger partial charge in [-0.1, -0.05) is 71.4 Å². The molecule has 0 spiro atoms. The van der Waals surface area contributed by atoms with E-state index in [0.29, 0.717) is 6.42 Å². The van der Waals surface area contributed by atoms with Crippen LogP contribution in [0.25, 0.3) is 0 Å². The average molecular weight is 672 g/mol. The minimum Gasteiger partial charge on any atom is -0.460 e. The standard InChI is InChI=1S/C32H53N3O12/c1-6-7-8-9-10-11-12-13-14-15-24(36)35-25-27(38)26(37)23(20-45-31(41)33-16-18-43-28(39)21(2)3)46-30(25)47-32(42)34-17-19-44-29(40)22(4)5/h23,25-27,30,37-38H,2,4,6-20H2,1,3,5H3,(H,33,41)(H,34,42)(H,35,36)/t23?,25?,26-,27?,30+/m1/s1. The number of alkyl carbamates (subject to hydrolysis) is 2. The fourth-order valence-corrected chi connectivity index (χ4v) is 4.37. The number of unbranched alkanes of at least 4 members (excludes halogenated alkanes) is 8. The van der Waals surface area contributed by atoms with Crippen molar-refractivity contribution in [1.29, 1.82) is 0 Å². The summed E-state index contributed by atoms with van der Waals surface area (Å²) in [5.41, 5.74) is 0.383. The summed E-state index contributed by atoms with van der Waals surface area (Å²) in [6.45, 7) is 11.0. The molecule has 0 saturated carbocycles. The van der Waals surface area contributed by atoms with Crippen LogP contribution in [0.4, 0.5) is 9.59 Å². The lowest BCUT2D eigenvalue weighted by atomic mass is 9.96. The second kappa shape index (κ2) is 23.6. The van der Waals surface area contributed by atoms with Gasteiger partial charge in [-0.15, -0.1) is 0 Å². The van der Waals surface area contributed by atoms with Gasteiger partial charge in [-0.25, -0.2) is 19.2 Å². The van der Waals surface area contributed by atoms with E-state index in [9.17, 15) is 34.2 Å². The highest BCUT2D eigenvalue weighted by molar-refractivity contribution is 5.87. The van der Waals surface area contributed by atoms with Gasteiger partial charge in [0, 0.05) is 17.6 Å². The first-order chi connectivity index (χ1) is 22.4. The number of carbonyl (C=O) groups is 5. The number of hydrogen-bond donors (Lipinski definition) is 5. The first-order valence-corrected chi connectivity index (χ1v) is 16.2. The van der Waals surface area contributed by atoms with Crippen molar-refractivity contribution in [2.75, 3.05) is 32.9 Å². The second-order valence-corrected chi connectivity index (χ2v) is 11.4. The summed E-state index contributed by atoms with van der Waals surface area (Å²) in [6.07, 6.45) is 1.53. The molecule has 5 N–H and O–H groups in total. The quantitative estimate of drug-likeness (QED) is 0.0487. The van der Waals surface area contributed by atoms with Crippen molar-refractivity contribution < 1.29 is 57.9 Å². The molecule has 5 atom stereocenters. The van der Waals surface area contributed by atoms with E-state index in [1.807, 2.05) is 0 Å². The lowest BCUT2D eigenvalue weighted by Gasteiger charge is -2.42. The van der Waals surface area contributed by atoms with Crippen molar-refractivity contribution in [1.82, 2.24) is 16.0 Å². The molecular formula is C32H53N3O12. The molecule has 0 radical (unpaired) electrons. The predicted octanol–water partition coefficient (Wildman–Crippen LogP) is 2.53. The molecule has 1 heterocycles. The molecule has 1 fully saturated rings. The third-order valence-corrected chi connectivity index (χ3v) is 7.04. The van der Waals surface area contributed by atoms with Crippen molar-refractivity contribution >= 4 is 30.0 Å². The fraction of sp³-hybridized carbons (Fsp3) is 0.719. The average Bonchev–Trinajstić information content (AvgIpc) is 3.02. The van der Waals surface area contributed by atoms with Crippen LogP contribution in [0.3, 0.4) is 0 Å². The highest BCUT2D eigenvalue weighted by Crippen LogP contribution is 2.23. The SMILES string of the molecule is C=C(C)C(=O)OCCNC(=O)OCC1O[C@@H](OC(=O)NCCOC(=O)C(=C)C)C(NC(=O)CCCCCCCCCCC)C(O)[C@@H]1O. The van der Waals surface area contributed by atoms with Gasteiger partial charge in [-0.2, -0.15) is 0 Å². The van der Waals surface area contributed by atoms with E-state index in [-0.39, 0.29) is 43.9 Å². The van der Waals surface area contributed by atoms with Crippen LogP contribution in [0, 0.1) is 0 Å². The molecule has 3 amide bonds. The Morgan fingerprint density at radius 1 is 0.723 bits per heavy atom. The van der Waals surface area contributed by atoms with E-state index in [4.69, 9.17) is 23.7 Å². The summed E-state index contributed by atoms with van der Waals surface area (Å²) in [5.74, 6) is -1.69. The molecule has 0 aromatic carbocycles. The van der Waals surface area contributed by atoms with E-state index < -0.39 is 67.3 Å². The largest absolute Gasteiger partial charge is 0.460 e. The lowest BCUT2D eigenvalue weighted by molar-refractivity contribution is -0.252. The van der Waals surface area contributed by atoms with Crippen molar-refractivity contribution in [2.24, 2.45) is 0 Å². The first kappa shape index (κ1) is 41.3. The predicted molar refractivity (Wildman–Crippen MR) is 170 cm³/mol. The summed E-state index contributed by atoms with van der Waals surface area (Å²) in [4.78, 5) is 60.3. The van der Waals surface area contributed by atoms with Crippen LogP contribution < -0.4 is 16.0 Å². The minimum absolute atomic E-state index is 0.0742. The summed E-state index contributed by atoms with van der Waals surface area (Å²) in [7, 11) is 0. The zero-order valence-corrected chi connectivity index (χ0v) is 27.9. The number of esters is 2. The maximum absolute atomic E-state index is 12.7. The Morgan fingerprint density at radius 2 is 1.23 bits per heavy atom. The molecule has 15 heteroatoms. The Kier molecular flexibility index (Phi) is 20.8. The van der Waals surface area contributed by atoms with Crippen molar-refractivity contribution in [3.8, 4) is 0 Å².